The molecular formula is C17H15ClN4O. The summed E-state index contributed by atoms with van der Waals surface area (Å²) < 4.78 is 1.78. The smallest absolute Gasteiger partial charge is 0.308 e. The van der Waals surface area contributed by atoms with Gasteiger partial charge in [0.1, 0.15) is 0 Å². The van der Waals surface area contributed by atoms with Gasteiger partial charge in [-0.3, -0.25) is 4.68 Å². The number of anilines is 2. The van der Waals surface area contributed by atoms with Crippen molar-refractivity contribution >= 4 is 29.0 Å². The molecule has 0 bridgehead atoms. The topological polar surface area (TPSA) is 59.0 Å². The fourth-order valence-corrected chi connectivity index (χ4v) is 2.37. The Kier molecular flexibility index (Phi) is 4.30. The molecule has 2 N–H and O–H groups in total. The molecule has 0 aliphatic heterocycles. The Hall–Kier alpha value is -2.79. The van der Waals surface area contributed by atoms with Crippen molar-refractivity contribution in [1.82, 2.24) is 9.78 Å². The van der Waals surface area contributed by atoms with Crippen LogP contribution in [0.4, 0.5) is 16.2 Å². The van der Waals surface area contributed by atoms with Crippen molar-refractivity contribution in [2.45, 2.75) is 0 Å². The number of benzene rings is 2. The first-order valence-corrected chi connectivity index (χ1v) is 7.41. The number of urea groups is 1. The van der Waals surface area contributed by atoms with Crippen LogP contribution in [0.2, 0.25) is 5.02 Å². The van der Waals surface area contributed by atoms with Gasteiger partial charge in [-0.05, 0) is 42.5 Å². The summed E-state index contributed by atoms with van der Waals surface area (Å²) in [5.74, 6) is 0. The molecule has 0 aliphatic rings. The third kappa shape index (κ3) is 3.70. The van der Waals surface area contributed by atoms with E-state index in [-0.39, 0.29) is 6.03 Å². The van der Waals surface area contributed by atoms with E-state index in [1.165, 1.54) is 0 Å². The lowest BCUT2D eigenvalue weighted by Gasteiger charge is -2.09. The lowest BCUT2D eigenvalue weighted by atomic mass is 10.1. The zero-order valence-electron chi connectivity index (χ0n) is 12.5. The van der Waals surface area contributed by atoms with Crippen LogP contribution in [0.5, 0.6) is 0 Å². The van der Waals surface area contributed by atoms with Crippen LogP contribution in [0.15, 0.2) is 60.8 Å². The van der Waals surface area contributed by atoms with Crippen LogP contribution in [0.3, 0.4) is 0 Å². The van der Waals surface area contributed by atoms with Crippen LogP contribution in [-0.2, 0) is 7.05 Å². The normalized spacial score (nSPS) is 10.3. The Bertz CT molecular complexity index is 827. The largest absolute Gasteiger partial charge is 0.323 e. The van der Waals surface area contributed by atoms with E-state index in [4.69, 9.17) is 11.6 Å². The molecule has 3 rings (SSSR count). The maximum atomic E-state index is 12.1. The Morgan fingerprint density at radius 2 is 1.78 bits per heavy atom. The molecule has 1 aromatic heterocycles. The number of amides is 2. The van der Waals surface area contributed by atoms with E-state index in [0.717, 1.165) is 11.3 Å². The number of nitrogens with zero attached hydrogens (tertiary/aromatic N) is 2. The maximum absolute atomic E-state index is 12.1. The molecule has 0 spiro atoms. The zero-order chi connectivity index (χ0) is 16.2. The van der Waals surface area contributed by atoms with Crippen molar-refractivity contribution < 1.29 is 4.79 Å². The van der Waals surface area contributed by atoms with E-state index in [9.17, 15) is 4.79 Å². The minimum atomic E-state index is -0.311. The minimum Gasteiger partial charge on any atom is -0.308 e. The van der Waals surface area contributed by atoms with Gasteiger partial charge in [-0.1, -0.05) is 23.7 Å². The minimum absolute atomic E-state index is 0.311. The molecule has 0 saturated heterocycles. The predicted octanol–water partition coefficient (Wildman–Crippen LogP) is 4.38. The SMILES string of the molecule is Cn1nccc1-c1cccc(NC(=O)Nc2ccc(Cl)cc2)c1. The van der Waals surface area contributed by atoms with Crippen molar-refractivity contribution in [2.24, 2.45) is 7.05 Å². The fourth-order valence-electron chi connectivity index (χ4n) is 2.24. The molecule has 0 fully saturated rings. The van der Waals surface area contributed by atoms with Gasteiger partial charge in [-0.25, -0.2) is 4.79 Å². The van der Waals surface area contributed by atoms with E-state index in [1.54, 1.807) is 35.1 Å². The number of hydrogen-bond donors (Lipinski definition) is 2. The van der Waals surface area contributed by atoms with Crippen molar-refractivity contribution in [2.75, 3.05) is 10.6 Å². The summed E-state index contributed by atoms with van der Waals surface area (Å²) in [4.78, 5) is 12.1. The molecule has 0 unspecified atom stereocenters. The van der Waals surface area contributed by atoms with Gasteiger partial charge in [0.15, 0.2) is 0 Å². The molecule has 2 aromatic carbocycles. The summed E-state index contributed by atoms with van der Waals surface area (Å²) >= 11 is 5.82. The van der Waals surface area contributed by atoms with Crippen LogP contribution in [0.1, 0.15) is 0 Å². The van der Waals surface area contributed by atoms with E-state index < -0.39 is 0 Å². The monoisotopic (exact) mass is 326 g/mol. The number of halogens is 1. The summed E-state index contributed by atoms with van der Waals surface area (Å²) in [5, 5.41) is 10.3. The lowest BCUT2D eigenvalue weighted by molar-refractivity contribution is 0.262. The predicted molar refractivity (Wildman–Crippen MR) is 92.7 cm³/mol. The van der Waals surface area contributed by atoms with Gasteiger partial charge in [0.25, 0.3) is 0 Å². The molecule has 0 atom stereocenters. The molecule has 0 saturated carbocycles. The second-order valence-corrected chi connectivity index (χ2v) is 5.44. The van der Waals surface area contributed by atoms with Crippen LogP contribution in [0.25, 0.3) is 11.3 Å². The van der Waals surface area contributed by atoms with Crippen molar-refractivity contribution in [3.05, 3.63) is 65.8 Å². The average molecular weight is 327 g/mol. The highest BCUT2D eigenvalue weighted by Crippen LogP contribution is 2.22. The number of carbonyl (C=O) groups is 1. The number of carbonyl (C=O) groups excluding carboxylic acids is 1. The summed E-state index contributed by atoms with van der Waals surface area (Å²) in [6.07, 6.45) is 1.74. The average Bonchev–Trinajstić information content (AvgIpc) is 2.96. The molecule has 2 amide bonds. The van der Waals surface area contributed by atoms with Crippen molar-refractivity contribution in [1.29, 1.82) is 0 Å². The summed E-state index contributed by atoms with van der Waals surface area (Å²) in [6, 6.07) is 16.1. The molecule has 23 heavy (non-hydrogen) atoms. The number of aryl methyl sites for hydroxylation is 1. The summed E-state index contributed by atoms with van der Waals surface area (Å²) in [5.41, 5.74) is 3.34. The molecule has 0 aliphatic carbocycles. The van der Waals surface area contributed by atoms with Gasteiger partial charge in [0.2, 0.25) is 0 Å². The first-order valence-electron chi connectivity index (χ1n) is 7.04. The first kappa shape index (κ1) is 15.1. The summed E-state index contributed by atoms with van der Waals surface area (Å²) in [6.45, 7) is 0. The van der Waals surface area contributed by atoms with E-state index in [2.05, 4.69) is 15.7 Å². The molecule has 3 aromatic rings. The molecular weight excluding hydrogens is 312 g/mol. The third-order valence-corrected chi connectivity index (χ3v) is 3.59. The Morgan fingerprint density at radius 1 is 1.04 bits per heavy atom. The molecule has 6 heteroatoms. The van der Waals surface area contributed by atoms with Crippen LogP contribution < -0.4 is 10.6 Å². The van der Waals surface area contributed by atoms with E-state index >= 15 is 0 Å². The first-order chi connectivity index (χ1) is 11.1. The van der Waals surface area contributed by atoms with Crippen molar-refractivity contribution in [3.63, 3.8) is 0 Å². The van der Waals surface area contributed by atoms with Gasteiger partial charge in [-0.2, -0.15) is 5.10 Å². The molecule has 1 heterocycles. The third-order valence-electron chi connectivity index (χ3n) is 3.34. The van der Waals surface area contributed by atoms with E-state index in [0.29, 0.717) is 16.4 Å². The molecule has 5 nitrogen and oxygen atoms in total. The van der Waals surface area contributed by atoms with Crippen LogP contribution >= 0.6 is 11.6 Å². The van der Waals surface area contributed by atoms with E-state index in [1.807, 2.05) is 37.4 Å². The second-order valence-electron chi connectivity index (χ2n) is 5.01. The quantitative estimate of drug-likeness (QED) is 0.750. The Balaban J connectivity index is 1.71. The fraction of sp³-hybridized carbons (Fsp3) is 0.0588. The highest BCUT2D eigenvalue weighted by atomic mass is 35.5. The Labute approximate surface area is 138 Å². The van der Waals surface area contributed by atoms with Gasteiger partial charge < -0.3 is 10.6 Å². The van der Waals surface area contributed by atoms with Gasteiger partial charge in [0, 0.05) is 35.2 Å². The number of hydrogen-bond acceptors (Lipinski definition) is 2. The van der Waals surface area contributed by atoms with Crippen LogP contribution in [0, 0.1) is 0 Å². The maximum Gasteiger partial charge on any atom is 0.323 e. The summed E-state index contributed by atoms with van der Waals surface area (Å²) in [7, 11) is 1.88. The molecule has 0 radical (unpaired) electrons. The van der Waals surface area contributed by atoms with Gasteiger partial charge in [-0.15, -0.1) is 0 Å². The standard InChI is InChI=1S/C17H15ClN4O/c1-22-16(9-10-19-22)12-3-2-4-15(11-12)21-17(23)20-14-7-5-13(18)6-8-14/h2-11H,1H3,(H2,20,21,23). The zero-order valence-corrected chi connectivity index (χ0v) is 13.2. The van der Waals surface area contributed by atoms with Crippen molar-refractivity contribution in [3.8, 4) is 11.3 Å². The number of nitrogens with one attached hydrogen (secondary N) is 2. The van der Waals surface area contributed by atoms with Gasteiger partial charge in [0.05, 0.1) is 5.69 Å². The highest BCUT2D eigenvalue weighted by Gasteiger charge is 2.06. The Morgan fingerprint density at radius 3 is 2.48 bits per heavy atom. The number of aromatic nitrogens is 2. The molecule has 116 valence electrons. The number of rotatable bonds is 3. The van der Waals surface area contributed by atoms with Gasteiger partial charge >= 0.3 is 6.03 Å². The lowest BCUT2D eigenvalue weighted by Crippen LogP contribution is -2.19. The van der Waals surface area contributed by atoms with Crippen LogP contribution in [-0.4, -0.2) is 15.8 Å². The highest BCUT2D eigenvalue weighted by molar-refractivity contribution is 6.30. The second kappa shape index (κ2) is 6.54.